The molecule has 3 rings (SSSR count). The Balaban J connectivity index is 1.78. The SMILES string of the molecule is Nc1cccc(OCc2nc3ccc(F)cc3[nH]2)c1. The van der Waals surface area contributed by atoms with Crippen molar-refractivity contribution in [2.24, 2.45) is 0 Å². The molecule has 0 aliphatic heterocycles. The van der Waals surface area contributed by atoms with Gasteiger partial charge in [0.2, 0.25) is 0 Å². The number of hydrogen-bond acceptors (Lipinski definition) is 3. The standard InChI is InChI=1S/C14H12FN3O/c15-9-4-5-12-13(6-9)18-14(17-12)8-19-11-3-1-2-10(16)7-11/h1-7H,8,16H2,(H,17,18). The molecule has 0 radical (unpaired) electrons. The number of nitrogens with one attached hydrogen (secondary N) is 1. The minimum absolute atomic E-state index is 0.278. The van der Waals surface area contributed by atoms with E-state index in [4.69, 9.17) is 10.5 Å². The number of aromatic nitrogens is 2. The highest BCUT2D eigenvalue weighted by atomic mass is 19.1. The largest absolute Gasteiger partial charge is 0.486 e. The van der Waals surface area contributed by atoms with Crippen LogP contribution < -0.4 is 10.5 Å². The first-order chi connectivity index (χ1) is 9.20. The Kier molecular flexibility index (Phi) is 2.79. The molecule has 1 heterocycles. The van der Waals surface area contributed by atoms with Gasteiger partial charge < -0.3 is 15.5 Å². The summed E-state index contributed by atoms with van der Waals surface area (Å²) in [7, 11) is 0. The Morgan fingerprint density at radius 3 is 2.95 bits per heavy atom. The minimum atomic E-state index is -0.292. The second kappa shape index (κ2) is 4.61. The fraction of sp³-hybridized carbons (Fsp3) is 0.0714. The van der Waals surface area contributed by atoms with Crippen molar-refractivity contribution in [3.05, 3.63) is 54.1 Å². The lowest BCUT2D eigenvalue weighted by Crippen LogP contribution is -1.97. The number of halogens is 1. The van der Waals surface area contributed by atoms with Crippen molar-refractivity contribution >= 4 is 16.7 Å². The molecule has 0 atom stereocenters. The molecule has 0 aliphatic carbocycles. The lowest BCUT2D eigenvalue weighted by Gasteiger charge is -2.04. The monoisotopic (exact) mass is 257 g/mol. The number of aromatic amines is 1. The van der Waals surface area contributed by atoms with Gasteiger partial charge in [0.1, 0.15) is 24.0 Å². The molecule has 5 heteroatoms. The zero-order valence-corrected chi connectivity index (χ0v) is 10.1. The van der Waals surface area contributed by atoms with Crippen LogP contribution in [0.1, 0.15) is 5.82 Å². The predicted molar refractivity (Wildman–Crippen MR) is 71.2 cm³/mol. The maximum Gasteiger partial charge on any atom is 0.146 e. The summed E-state index contributed by atoms with van der Waals surface area (Å²) < 4.78 is 18.6. The van der Waals surface area contributed by atoms with Crippen LogP contribution in [0.25, 0.3) is 11.0 Å². The molecule has 96 valence electrons. The van der Waals surface area contributed by atoms with Gasteiger partial charge in [0.15, 0.2) is 0 Å². The van der Waals surface area contributed by atoms with Crippen LogP contribution in [-0.2, 0) is 6.61 Å². The molecule has 0 amide bonds. The van der Waals surface area contributed by atoms with Gasteiger partial charge in [0, 0.05) is 11.8 Å². The van der Waals surface area contributed by atoms with Crippen LogP contribution >= 0.6 is 0 Å². The molecule has 19 heavy (non-hydrogen) atoms. The van der Waals surface area contributed by atoms with Crippen molar-refractivity contribution in [1.82, 2.24) is 9.97 Å². The number of nitrogens with two attached hydrogens (primary N) is 1. The molecule has 0 aliphatic rings. The predicted octanol–water partition coefficient (Wildman–Crippen LogP) is 2.86. The number of nitrogen functional groups attached to an aromatic ring is 1. The number of imidazole rings is 1. The highest BCUT2D eigenvalue weighted by molar-refractivity contribution is 5.74. The molecule has 4 nitrogen and oxygen atoms in total. The number of anilines is 1. The minimum Gasteiger partial charge on any atom is -0.486 e. The van der Waals surface area contributed by atoms with Crippen molar-refractivity contribution in [1.29, 1.82) is 0 Å². The third-order valence-corrected chi connectivity index (χ3v) is 2.73. The first kappa shape index (κ1) is 11.5. The number of H-pyrrole nitrogens is 1. The zero-order chi connectivity index (χ0) is 13.2. The third kappa shape index (κ3) is 2.49. The van der Waals surface area contributed by atoms with Gasteiger partial charge in [-0.05, 0) is 30.3 Å². The van der Waals surface area contributed by atoms with E-state index in [9.17, 15) is 4.39 Å². The molecule has 0 saturated carbocycles. The molecule has 2 aromatic carbocycles. The Bertz CT molecular complexity index is 724. The lowest BCUT2D eigenvalue weighted by molar-refractivity contribution is 0.297. The van der Waals surface area contributed by atoms with E-state index in [0.29, 0.717) is 28.3 Å². The first-order valence-corrected chi connectivity index (χ1v) is 5.83. The summed E-state index contributed by atoms with van der Waals surface area (Å²) in [4.78, 5) is 7.33. The van der Waals surface area contributed by atoms with Crippen molar-refractivity contribution in [3.8, 4) is 5.75 Å². The van der Waals surface area contributed by atoms with E-state index in [-0.39, 0.29) is 12.4 Å². The van der Waals surface area contributed by atoms with Gasteiger partial charge in [0.05, 0.1) is 11.0 Å². The second-order valence-corrected chi connectivity index (χ2v) is 4.21. The average Bonchev–Trinajstić information content (AvgIpc) is 2.78. The van der Waals surface area contributed by atoms with Crippen LogP contribution in [-0.4, -0.2) is 9.97 Å². The van der Waals surface area contributed by atoms with Gasteiger partial charge in [-0.15, -0.1) is 0 Å². The van der Waals surface area contributed by atoms with Crippen LogP contribution in [0.5, 0.6) is 5.75 Å². The molecular weight excluding hydrogens is 245 g/mol. The van der Waals surface area contributed by atoms with Crippen molar-refractivity contribution in [2.75, 3.05) is 5.73 Å². The van der Waals surface area contributed by atoms with E-state index in [1.807, 2.05) is 12.1 Å². The number of nitrogens with zero attached hydrogens (tertiary/aromatic N) is 1. The van der Waals surface area contributed by atoms with Gasteiger partial charge in [-0.2, -0.15) is 0 Å². The van der Waals surface area contributed by atoms with Crippen LogP contribution in [0.15, 0.2) is 42.5 Å². The molecule has 0 unspecified atom stereocenters. The van der Waals surface area contributed by atoms with E-state index >= 15 is 0 Å². The summed E-state index contributed by atoms with van der Waals surface area (Å²) in [6, 6.07) is 11.6. The van der Waals surface area contributed by atoms with Crippen molar-refractivity contribution < 1.29 is 9.13 Å². The average molecular weight is 257 g/mol. The van der Waals surface area contributed by atoms with E-state index in [0.717, 1.165) is 0 Å². The van der Waals surface area contributed by atoms with Crippen LogP contribution in [0.3, 0.4) is 0 Å². The highest BCUT2D eigenvalue weighted by Crippen LogP contribution is 2.17. The van der Waals surface area contributed by atoms with Gasteiger partial charge in [-0.25, -0.2) is 9.37 Å². The van der Waals surface area contributed by atoms with Crippen LogP contribution in [0.2, 0.25) is 0 Å². The fourth-order valence-electron chi connectivity index (χ4n) is 1.86. The molecule has 0 fully saturated rings. The molecular formula is C14H12FN3O. The normalized spacial score (nSPS) is 10.8. The molecule has 3 aromatic rings. The first-order valence-electron chi connectivity index (χ1n) is 5.83. The van der Waals surface area contributed by atoms with E-state index in [1.165, 1.54) is 12.1 Å². The van der Waals surface area contributed by atoms with Gasteiger partial charge >= 0.3 is 0 Å². The zero-order valence-electron chi connectivity index (χ0n) is 10.1. The van der Waals surface area contributed by atoms with Gasteiger partial charge in [-0.1, -0.05) is 6.07 Å². The Hall–Kier alpha value is -2.56. The fourth-order valence-corrected chi connectivity index (χ4v) is 1.86. The van der Waals surface area contributed by atoms with Crippen molar-refractivity contribution in [2.45, 2.75) is 6.61 Å². The Morgan fingerprint density at radius 2 is 2.11 bits per heavy atom. The molecule has 1 aromatic heterocycles. The second-order valence-electron chi connectivity index (χ2n) is 4.21. The highest BCUT2D eigenvalue weighted by Gasteiger charge is 2.04. The maximum atomic E-state index is 13.0. The summed E-state index contributed by atoms with van der Waals surface area (Å²) in [5.74, 6) is 1.02. The molecule has 0 saturated heterocycles. The topological polar surface area (TPSA) is 63.9 Å². The van der Waals surface area contributed by atoms with E-state index in [2.05, 4.69) is 9.97 Å². The quantitative estimate of drug-likeness (QED) is 0.709. The lowest BCUT2D eigenvalue weighted by atomic mass is 10.3. The van der Waals surface area contributed by atoms with Crippen LogP contribution in [0.4, 0.5) is 10.1 Å². The molecule has 3 N–H and O–H groups in total. The number of fused-ring (bicyclic) bond motifs is 1. The number of benzene rings is 2. The smallest absolute Gasteiger partial charge is 0.146 e. The summed E-state index contributed by atoms with van der Waals surface area (Å²) in [5, 5.41) is 0. The number of hydrogen-bond donors (Lipinski definition) is 2. The maximum absolute atomic E-state index is 13.0. The summed E-state index contributed by atoms with van der Waals surface area (Å²) in [5.41, 5.74) is 7.68. The van der Waals surface area contributed by atoms with E-state index in [1.54, 1.807) is 18.2 Å². The summed E-state index contributed by atoms with van der Waals surface area (Å²) in [6.45, 7) is 0.278. The number of rotatable bonds is 3. The van der Waals surface area contributed by atoms with Gasteiger partial charge in [-0.3, -0.25) is 0 Å². The molecule has 0 spiro atoms. The Morgan fingerprint density at radius 1 is 1.21 bits per heavy atom. The van der Waals surface area contributed by atoms with Crippen molar-refractivity contribution in [3.63, 3.8) is 0 Å². The van der Waals surface area contributed by atoms with Crippen LogP contribution in [0, 0.1) is 5.82 Å². The Labute approximate surface area is 109 Å². The summed E-state index contributed by atoms with van der Waals surface area (Å²) in [6.07, 6.45) is 0. The third-order valence-electron chi connectivity index (χ3n) is 2.73. The molecule has 0 bridgehead atoms. The number of ether oxygens (including phenoxy) is 1. The summed E-state index contributed by atoms with van der Waals surface area (Å²) >= 11 is 0. The van der Waals surface area contributed by atoms with E-state index < -0.39 is 0 Å². The van der Waals surface area contributed by atoms with Gasteiger partial charge in [0.25, 0.3) is 0 Å².